The summed E-state index contributed by atoms with van der Waals surface area (Å²) < 4.78 is 0. The molecule has 7 heavy (non-hydrogen) atoms. The van der Waals surface area contributed by atoms with Gasteiger partial charge in [-0.2, -0.15) is 0 Å². The smallest absolute Gasteiger partial charge is 0.0277 e. The van der Waals surface area contributed by atoms with Crippen LogP contribution in [0.4, 0.5) is 0 Å². The molecule has 0 nitrogen and oxygen atoms in total. The quantitative estimate of drug-likeness (QED) is 0.416. The molecule has 0 aliphatic heterocycles. The molecule has 0 aromatic heterocycles. The molecule has 0 saturated carbocycles. The average Bonchev–Trinajstić information content (AvgIpc) is 0.918. The van der Waals surface area contributed by atoms with E-state index in [-0.39, 0.29) is 66.1 Å². The fraction of sp³-hybridized carbons (Fsp3) is 0.250. The van der Waals surface area contributed by atoms with Crippen molar-refractivity contribution >= 4 is 7.85 Å². The van der Waals surface area contributed by atoms with Crippen molar-refractivity contribution in [1.82, 2.24) is 0 Å². The van der Waals surface area contributed by atoms with E-state index in [4.69, 9.17) is 7.85 Å². The largest absolute Gasteiger partial charge is 0.358 e. The summed E-state index contributed by atoms with van der Waals surface area (Å²) in [5, 5.41) is 0. The van der Waals surface area contributed by atoms with E-state index in [1.54, 1.807) is 0 Å². The molecule has 0 amide bonds. The maximum Gasteiger partial charge on any atom is 0.0277 e. The topological polar surface area (TPSA) is 0 Å². The fourth-order valence-electron chi connectivity index (χ4n) is 0. The molecule has 0 spiro atoms. The Balaban J connectivity index is -0.00000000333. The van der Waals surface area contributed by atoms with Crippen molar-refractivity contribution in [1.29, 1.82) is 0 Å². The van der Waals surface area contributed by atoms with Crippen molar-refractivity contribution in [2.75, 3.05) is 0 Å². The van der Waals surface area contributed by atoms with Gasteiger partial charge in [-0.15, -0.1) is 0 Å². The van der Waals surface area contributed by atoms with Crippen LogP contribution in [-0.4, -0.2) is 7.85 Å². The Morgan fingerprint density at radius 2 is 1.29 bits per heavy atom. The van der Waals surface area contributed by atoms with Crippen molar-refractivity contribution in [2.24, 2.45) is 0 Å². The zero-order valence-corrected chi connectivity index (χ0v) is 9.25. The third-order valence-corrected chi connectivity index (χ3v) is 0. The molecule has 0 aliphatic rings. The predicted molar refractivity (Wildman–Crippen MR) is 28.7 cm³/mol. The van der Waals surface area contributed by atoms with Crippen LogP contribution >= 0.6 is 0 Å². The van der Waals surface area contributed by atoms with E-state index < -0.39 is 0 Å². The van der Waals surface area contributed by atoms with E-state index in [0.29, 0.717) is 6.32 Å². The van der Waals surface area contributed by atoms with Crippen molar-refractivity contribution in [2.45, 2.75) is 6.32 Å². The molecule has 0 bridgehead atoms. The van der Waals surface area contributed by atoms with Crippen LogP contribution in [0.1, 0.15) is 0 Å². The van der Waals surface area contributed by atoms with Gasteiger partial charge in [0.15, 0.2) is 0 Å². The zero-order chi connectivity index (χ0) is 2.71. The Morgan fingerprint density at radius 1 is 1.29 bits per heavy atom. The summed E-state index contributed by atoms with van der Waals surface area (Å²) in [4.78, 5) is 0. The maximum atomic E-state index is 4.74. The van der Waals surface area contributed by atoms with Crippen LogP contribution in [0.3, 0.4) is 0 Å². The van der Waals surface area contributed by atoms with Gasteiger partial charge in [-0.25, -0.2) is 6.32 Å². The minimum atomic E-state index is 0. The average molecular weight is 209 g/mol. The Bertz CT molecular complexity index is 11.7. The molecule has 0 N–H and O–H groups in total. The first-order chi connectivity index (χ1) is 1.41. The first-order valence-corrected chi connectivity index (χ1v) is 0.908. The number of rotatable bonds is 0. The van der Waals surface area contributed by atoms with Gasteiger partial charge in [0.2, 0.25) is 0 Å². The summed E-state index contributed by atoms with van der Waals surface area (Å²) in [6.07, 6.45) is 0.500. The summed E-state index contributed by atoms with van der Waals surface area (Å²) in [6, 6.07) is 0. The second-order valence-electron chi connectivity index (χ2n) is 0.289. The van der Waals surface area contributed by atoms with E-state index >= 15 is 0 Å². The fourth-order valence-corrected chi connectivity index (χ4v) is 0. The van der Waals surface area contributed by atoms with Crippen LogP contribution in [0.15, 0.2) is 0 Å². The first-order valence-electron chi connectivity index (χ1n) is 0.908. The van der Waals surface area contributed by atoms with Crippen LogP contribution in [-0.2, 0) is 51.3 Å². The van der Waals surface area contributed by atoms with E-state index in [0.717, 1.165) is 0 Å². The first kappa shape index (κ1) is 37.4. The van der Waals surface area contributed by atoms with Gasteiger partial charge < -0.3 is 21.8 Å². The number of hydrogen-bond donors (Lipinski definition) is 0. The third kappa shape index (κ3) is 83.5. The molecule has 40 valence electrons. The van der Waals surface area contributed by atoms with Crippen LogP contribution < -0.4 is 0 Å². The molecule has 0 aromatic carbocycles. The molecule has 4 radical (unpaired) electrons. The van der Waals surface area contributed by atoms with Gasteiger partial charge in [-0.05, 0) is 0 Å². The van der Waals surface area contributed by atoms with Gasteiger partial charge in [-0.1, -0.05) is 0 Å². The monoisotopic (exact) mass is 209 g/mol. The second kappa shape index (κ2) is 46.6. The van der Waals surface area contributed by atoms with E-state index in [9.17, 15) is 0 Å². The Morgan fingerprint density at radius 3 is 1.29 bits per heavy atom. The van der Waals surface area contributed by atoms with Gasteiger partial charge in [0.05, 0.1) is 0 Å². The molecule has 0 aliphatic carbocycles. The summed E-state index contributed by atoms with van der Waals surface area (Å²) in [5.74, 6) is 0. The third-order valence-electron chi connectivity index (χ3n) is 0. The minimum Gasteiger partial charge on any atom is -0.358 e. The van der Waals surface area contributed by atoms with Gasteiger partial charge in [-0.3, -0.25) is 0 Å². The van der Waals surface area contributed by atoms with Crippen molar-refractivity contribution in [3.05, 3.63) is 21.8 Å². The molecule has 0 heterocycles. The van der Waals surface area contributed by atoms with Crippen LogP contribution in [0, 0.1) is 21.8 Å². The summed E-state index contributed by atoms with van der Waals surface area (Å²) in [6.45, 7) is 3.26. The number of hydrogen-bond acceptors (Lipinski definition) is 0. The molecule has 0 fully saturated rings. The molecular weight excluding hydrogens is 199 g/mol. The predicted octanol–water partition coefficient (Wildman–Crippen LogP) is 1.30. The molecule has 0 aromatic rings. The standard InChI is InChI=1S/C2H4B.2CH3.V.Y/c1-2-3;;;;/h1-2H2;2*1H3;;/q3*-1;;. The van der Waals surface area contributed by atoms with Crippen LogP contribution in [0.25, 0.3) is 0 Å². The Hall–Kier alpha value is 1.75. The SMILES string of the molecule is [B]C[CH2-].[CH3-].[CH3-].[V].[Y]. The summed E-state index contributed by atoms with van der Waals surface area (Å²) in [7, 11) is 4.74. The molecule has 0 atom stereocenters. The van der Waals surface area contributed by atoms with Gasteiger partial charge in [0.25, 0.3) is 0 Å². The zero-order valence-electron chi connectivity index (χ0n) is 5.02. The Labute approximate surface area is 86.4 Å². The van der Waals surface area contributed by atoms with Crippen LogP contribution in [0.2, 0.25) is 6.32 Å². The Kier molecular flexibility index (Phi) is 249. The van der Waals surface area contributed by atoms with E-state index in [2.05, 4.69) is 6.92 Å². The molecule has 0 saturated heterocycles. The molecule has 0 unspecified atom stereocenters. The molecule has 0 rings (SSSR count). The van der Waals surface area contributed by atoms with E-state index in [1.807, 2.05) is 0 Å². The normalized spacial score (nSPS) is 2.43. The molecule has 3 heteroatoms. The molecular formula is C4H10BVY-3. The second-order valence-corrected chi connectivity index (χ2v) is 0.289. The van der Waals surface area contributed by atoms with Gasteiger partial charge in [0, 0.05) is 59.1 Å². The summed E-state index contributed by atoms with van der Waals surface area (Å²) in [5.41, 5.74) is 0. The van der Waals surface area contributed by atoms with Crippen molar-refractivity contribution in [3.63, 3.8) is 0 Å². The van der Waals surface area contributed by atoms with E-state index in [1.165, 1.54) is 0 Å². The van der Waals surface area contributed by atoms with Gasteiger partial charge >= 0.3 is 0 Å². The minimum absolute atomic E-state index is 0. The summed E-state index contributed by atoms with van der Waals surface area (Å²) >= 11 is 0. The van der Waals surface area contributed by atoms with Gasteiger partial charge in [0.1, 0.15) is 0 Å². The van der Waals surface area contributed by atoms with Crippen molar-refractivity contribution in [3.8, 4) is 0 Å². The van der Waals surface area contributed by atoms with Crippen molar-refractivity contribution < 1.29 is 51.3 Å². The van der Waals surface area contributed by atoms with Crippen LogP contribution in [0.5, 0.6) is 0 Å². The maximum absolute atomic E-state index is 4.74.